The Balaban J connectivity index is 5.48. The third kappa shape index (κ3) is 13.4. The van der Waals surface area contributed by atoms with Crippen molar-refractivity contribution in [3.05, 3.63) is 0 Å². The van der Waals surface area contributed by atoms with Gasteiger partial charge >= 0.3 is 5.97 Å². The van der Waals surface area contributed by atoms with Gasteiger partial charge in [0, 0.05) is 0 Å². The number of primary amides is 1. The van der Waals surface area contributed by atoms with Crippen LogP contribution in [0.4, 0.5) is 0 Å². The van der Waals surface area contributed by atoms with E-state index < -0.39 is 60.2 Å². The van der Waals surface area contributed by atoms with E-state index in [2.05, 4.69) is 16.0 Å². The fourth-order valence-electron chi connectivity index (χ4n) is 3.06. The Labute approximate surface area is 204 Å². The lowest BCUT2D eigenvalue weighted by molar-refractivity contribution is -0.143. The van der Waals surface area contributed by atoms with Crippen molar-refractivity contribution >= 4 is 41.4 Å². The first-order valence-corrected chi connectivity index (χ1v) is 12.7. The topological polar surface area (TPSA) is 220 Å². The Hall–Kier alpha value is -2.38. The zero-order valence-corrected chi connectivity index (χ0v) is 21.0. The Morgan fingerprint density at radius 2 is 1.44 bits per heavy atom. The summed E-state index contributed by atoms with van der Waals surface area (Å²) in [4.78, 5) is 61.1. The molecule has 0 spiro atoms. The second kappa shape index (κ2) is 17.1. The molecule has 0 radical (unpaired) electrons. The van der Waals surface area contributed by atoms with Crippen molar-refractivity contribution in [2.24, 2.45) is 23.1 Å². The molecule has 0 aromatic heterocycles. The molecule has 10 N–H and O–H groups in total. The monoisotopic (exact) mass is 504 g/mol. The average molecular weight is 505 g/mol. The summed E-state index contributed by atoms with van der Waals surface area (Å²) in [6.07, 6.45) is 3.29. The van der Waals surface area contributed by atoms with Gasteiger partial charge in [-0.25, -0.2) is 4.79 Å². The van der Waals surface area contributed by atoms with Gasteiger partial charge in [0.15, 0.2) is 0 Å². The highest BCUT2D eigenvalue weighted by atomic mass is 32.2. The molecule has 0 aliphatic rings. The summed E-state index contributed by atoms with van der Waals surface area (Å²) in [6.45, 7) is 3.99. The number of rotatable bonds is 18. The number of nitrogens with two attached hydrogens (primary N) is 3. The van der Waals surface area contributed by atoms with Crippen molar-refractivity contribution in [1.82, 2.24) is 16.0 Å². The zero-order valence-electron chi connectivity index (χ0n) is 20.2. The molecular formula is C21H40N6O6S. The molecule has 0 heterocycles. The number of unbranched alkanes of at least 4 members (excludes halogenated alkanes) is 1. The highest BCUT2D eigenvalue weighted by Crippen LogP contribution is 2.08. The molecule has 4 atom stereocenters. The summed E-state index contributed by atoms with van der Waals surface area (Å²) in [6, 6.07) is -4.44. The average Bonchev–Trinajstić information content (AvgIpc) is 2.74. The molecule has 13 heteroatoms. The van der Waals surface area contributed by atoms with Gasteiger partial charge in [-0.05, 0) is 56.6 Å². The fourth-order valence-corrected chi connectivity index (χ4v) is 3.55. The lowest BCUT2D eigenvalue weighted by Crippen LogP contribution is -2.57. The highest BCUT2D eigenvalue weighted by molar-refractivity contribution is 7.98. The first-order valence-electron chi connectivity index (χ1n) is 11.3. The van der Waals surface area contributed by atoms with E-state index in [1.165, 1.54) is 11.8 Å². The quantitative estimate of drug-likeness (QED) is 0.110. The number of amides is 4. The first-order chi connectivity index (χ1) is 15.9. The van der Waals surface area contributed by atoms with Gasteiger partial charge in [-0.15, -0.1) is 0 Å². The molecule has 0 fully saturated rings. The summed E-state index contributed by atoms with van der Waals surface area (Å²) in [7, 11) is 0. The van der Waals surface area contributed by atoms with E-state index in [-0.39, 0.29) is 18.8 Å². The van der Waals surface area contributed by atoms with Crippen LogP contribution in [0.3, 0.4) is 0 Å². The van der Waals surface area contributed by atoms with Crippen LogP contribution >= 0.6 is 11.8 Å². The molecule has 0 saturated carbocycles. The minimum absolute atomic E-state index is 0.0250. The van der Waals surface area contributed by atoms with Crippen LogP contribution < -0.4 is 33.2 Å². The van der Waals surface area contributed by atoms with Crippen molar-refractivity contribution in [1.29, 1.82) is 0 Å². The van der Waals surface area contributed by atoms with E-state index in [4.69, 9.17) is 17.2 Å². The minimum atomic E-state index is -1.40. The fraction of sp³-hybridized carbons (Fsp3) is 0.762. The van der Waals surface area contributed by atoms with Gasteiger partial charge in [-0.1, -0.05) is 13.8 Å². The van der Waals surface area contributed by atoms with Gasteiger partial charge in [0.25, 0.3) is 0 Å². The number of carbonyl (C=O) groups is 5. The van der Waals surface area contributed by atoms with Crippen LogP contribution in [-0.2, 0) is 24.0 Å². The highest BCUT2D eigenvalue weighted by Gasteiger charge is 2.31. The van der Waals surface area contributed by atoms with Crippen LogP contribution in [0.5, 0.6) is 0 Å². The molecule has 0 aromatic rings. The van der Waals surface area contributed by atoms with Crippen molar-refractivity contribution in [3.63, 3.8) is 0 Å². The van der Waals surface area contributed by atoms with Crippen LogP contribution in [0.2, 0.25) is 0 Å². The first kappa shape index (κ1) is 31.6. The molecule has 0 aliphatic heterocycles. The number of carboxylic acids is 1. The third-order valence-corrected chi connectivity index (χ3v) is 5.55. The van der Waals surface area contributed by atoms with Gasteiger partial charge in [-0.3, -0.25) is 19.2 Å². The van der Waals surface area contributed by atoms with Crippen LogP contribution in [0, 0.1) is 5.92 Å². The number of carbonyl (C=O) groups excluding carboxylic acids is 4. The van der Waals surface area contributed by atoms with Crippen molar-refractivity contribution in [2.75, 3.05) is 18.6 Å². The number of hydrogen-bond donors (Lipinski definition) is 7. The van der Waals surface area contributed by atoms with Gasteiger partial charge < -0.3 is 38.3 Å². The molecule has 0 aliphatic carbocycles. The molecule has 34 heavy (non-hydrogen) atoms. The largest absolute Gasteiger partial charge is 0.480 e. The summed E-state index contributed by atoms with van der Waals surface area (Å²) >= 11 is 1.53. The van der Waals surface area contributed by atoms with Crippen LogP contribution in [-0.4, -0.2) is 77.4 Å². The van der Waals surface area contributed by atoms with Crippen LogP contribution in [0.25, 0.3) is 0 Å². The molecule has 12 nitrogen and oxygen atoms in total. The number of hydrogen-bond acceptors (Lipinski definition) is 8. The van der Waals surface area contributed by atoms with Gasteiger partial charge in [0.2, 0.25) is 23.6 Å². The van der Waals surface area contributed by atoms with Crippen molar-refractivity contribution < 1.29 is 29.1 Å². The van der Waals surface area contributed by atoms with E-state index in [0.29, 0.717) is 31.6 Å². The lowest BCUT2D eigenvalue weighted by Gasteiger charge is -2.25. The number of aliphatic carboxylic acids is 1. The Morgan fingerprint density at radius 3 is 1.94 bits per heavy atom. The summed E-state index contributed by atoms with van der Waals surface area (Å²) in [5, 5.41) is 16.7. The zero-order chi connectivity index (χ0) is 26.3. The van der Waals surface area contributed by atoms with Crippen molar-refractivity contribution in [3.8, 4) is 0 Å². The van der Waals surface area contributed by atoms with E-state index >= 15 is 0 Å². The SMILES string of the molecule is CSCCC(N)C(=O)NC(CCCCN)C(=O)NC(CC(N)=O)C(=O)NC(CC(C)C)C(=O)O. The molecule has 0 saturated heterocycles. The maximum absolute atomic E-state index is 13.0. The maximum Gasteiger partial charge on any atom is 0.326 e. The number of nitrogens with one attached hydrogen (secondary N) is 3. The van der Waals surface area contributed by atoms with Crippen LogP contribution in [0.1, 0.15) is 52.4 Å². The van der Waals surface area contributed by atoms with Gasteiger partial charge in [0.1, 0.15) is 18.1 Å². The van der Waals surface area contributed by atoms with Gasteiger partial charge in [-0.2, -0.15) is 11.8 Å². The van der Waals surface area contributed by atoms with Crippen molar-refractivity contribution in [2.45, 2.75) is 76.5 Å². The second-order valence-electron chi connectivity index (χ2n) is 8.49. The van der Waals surface area contributed by atoms with Gasteiger partial charge in [0.05, 0.1) is 12.5 Å². The van der Waals surface area contributed by atoms with Crippen LogP contribution in [0.15, 0.2) is 0 Å². The molecule has 0 bridgehead atoms. The maximum atomic E-state index is 13.0. The predicted octanol–water partition coefficient (Wildman–Crippen LogP) is -1.34. The number of carboxylic acid groups (broad SMARTS) is 1. The molecular weight excluding hydrogens is 464 g/mol. The standard InChI is InChI=1S/C21H40N6O6S/c1-12(2)10-16(21(32)33)27-20(31)15(11-17(24)28)26-19(30)14(6-4-5-8-22)25-18(29)13(23)7-9-34-3/h12-16H,4-11,22-23H2,1-3H3,(H2,24,28)(H,25,29)(H,26,30)(H,27,31)(H,32,33). The summed E-state index contributed by atoms with van der Waals surface area (Å²) in [5.74, 6) is -3.54. The Morgan fingerprint density at radius 1 is 0.882 bits per heavy atom. The summed E-state index contributed by atoms with van der Waals surface area (Å²) < 4.78 is 0. The lowest BCUT2D eigenvalue weighted by atomic mass is 10.0. The van der Waals surface area contributed by atoms with E-state index in [9.17, 15) is 29.1 Å². The molecule has 0 rings (SSSR count). The molecule has 196 valence electrons. The molecule has 0 aromatic carbocycles. The normalized spacial score (nSPS) is 14.5. The minimum Gasteiger partial charge on any atom is -0.480 e. The van der Waals surface area contributed by atoms with E-state index in [1.54, 1.807) is 13.8 Å². The number of thioether (sulfide) groups is 1. The van der Waals surface area contributed by atoms with E-state index in [1.807, 2.05) is 6.26 Å². The second-order valence-corrected chi connectivity index (χ2v) is 9.48. The Kier molecular flexibility index (Phi) is 15.9. The van der Waals surface area contributed by atoms with E-state index in [0.717, 1.165) is 0 Å². The molecule has 4 unspecified atom stereocenters. The molecule has 4 amide bonds. The third-order valence-electron chi connectivity index (χ3n) is 4.91. The summed E-state index contributed by atoms with van der Waals surface area (Å²) in [5.41, 5.74) is 16.6. The predicted molar refractivity (Wildman–Crippen MR) is 131 cm³/mol. The smallest absolute Gasteiger partial charge is 0.326 e. The Bertz CT molecular complexity index is 693.